The van der Waals surface area contributed by atoms with E-state index in [9.17, 15) is 0 Å². The van der Waals surface area contributed by atoms with Gasteiger partial charge in [-0.1, -0.05) is 24.3 Å². The SMILES string of the molecule is COc1ccc(C(NN)c2ccc3ncccc3c2)cc1. The van der Waals surface area contributed by atoms with Crippen LogP contribution in [0, 0.1) is 0 Å². The van der Waals surface area contributed by atoms with E-state index >= 15 is 0 Å². The maximum Gasteiger partial charge on any atom is 0.118 e. The smallest absolute Gasteiger partial charge is 0.118 e. The summed E-state index contributed by atoms with van der Waals surface area (Å²) in [5.74, 6) is 6.59. The number of pyridine rings is 1. The highest BCUT2D eigenvalue weighted by Crippen LogP contribution is 2.25. The van der Waals surface area contributed by atoms with E-state index < -0.39 is 0 Å². The third kappa shape index (κ3) is 2.72. The predicted molar refractivity (Wildman–Crippen MR) is 83.9 cm³/mol. The molecule has 0 saturated heterocycles. The zero-order chi connectivity index (χ0) is 14.7. The summed E-state index contributed by atoms with van der Waals surface area (Å²) >= 11 is 0. The van der Waals surface area contributed by atoms with Crippen LogP contribution < -0.4 is 16.0 Å². The van der Waals surface area contributed by atoms with E-state index in [0.717, 1.165) is 27.8 Å². The van der Waals surface area contributed by atoms with Crippen molar-refractivity contribution in [1.82, 2.24) is 10.4 Å². The Balaban J connectivity index is 2.00. The van der Waals surface area contributed by atoms with E-state index in [2.05, 4.69) is 16.5 Å². The molecule has 0 aliphatic heterocycles. The summed E-state index contributed by atoms with van der Waals surface area (Å²) in [6, 6.07) is 18.0. The number of aromatic nitrogens is 1. The van der Waals surface area contributed by atoms with Crippen molar-refractivity contribution < 1.29 is 4.74 Å². The molecule has 0 fully saturated rings. The lowest BCUT2D eigenvalue weighted by Gasteiger charge is -2.17. The van der Waals surface area contributed by atoms with Crippen LogP contribution in [0.25, 0.3) is 10.9 Å². The molecule has 1 atom stereocenters. The number of nitrogens with two attached hydrogens (primary N) is 1. The van der Waals surface area contributed by atoms with Gasteiger partial charge < -0.3 is 4.74 Å². The molecule has 4 heteroatoms. The Morgan fingerprint density at radius 3 is 2.52 bits per heavy atom. The van der Waals surface area contributed by atoms with Crippen molar-refractivity contribution in [3.8, 4) is 5.75 Å². The van der Waals surface area contributed by atoms with Gasteiger partial charge in [0.25, 0.3) is 0 Å². The highest BCUT2D eigenvalue weighted by Gasteiger charge is 2.13. The normalized spacial score (nSPS) is 12.3. The lowest BCUT2D eigenvalue weighted by Crippen LogP contribution is -2.28. The molecule has 0 spiro atoms. The number of ether oxygens (including phenoxy) is 1. The maximum absolute atomic E-state index is 5.75. The predicted octanol–water partition coefficient (Wildman–Crippen LogP) is 2.80. The van der Waals surface area contributed by atoms with Crippen LogP contribution in [0.4, 0.5) is 0 Å². The summed E-state index contributed by atoms with van der Waals surface area (Å²) in [6.07, 6.45) is 1.80. The van der Waals surface area contributed by atoms with Crippen LogP contribution >= 0.6 is 0 Å². The van der Waals surface area contributed by atoms with Crippen LogP contribution in [0.1, 0.15) is 17.2 Å². The third-order valence-electron chi connectivity index (χ3n) is 3.58. The lowest BCUT2D eigenvalue weighted by molar-refractivity contribution is 0.414. The van der Waals surface area contributed by atoms with E-state index in [4.69, 9.17) is 10.6 Å². The average Bonchev–Trinajstić information content (AvgIpc) is 2.56. The van der Waals surface area contributed by atoms with E-state index in [-0.39, 0.29) is 6.04 Å². The van der Waals surface area contributed by atoms with Gasteiger partial charge in [-0.05, 0) is 41.5 Å². The van der Waals surface area contributed by atoms with Crippen LogP contribution in [0.15, 0.2) is 60.8 Å². The molecule has 0 amide bonds. The molecule has 21 heavy (non-hydrogen) atoms. The van der Waals surface area contributed by atoms with Gasteiger partial charge in [0.1, 0.15) is 5.75 Å². The molecular formula is C17H17N3O. The first kappa shape index (κ1) is 13.5. The summed E-state index contributed by atoms with van der Waals surface area (Å²) < 4.78 is 5.19. The van der Waals surface area contributed by atoms with Gasteiger partial charge in [-0.3, -0.25) is 10.8 Å². The molecule has 3 N–H and O–H groups in total. The van der Waals surface area contributed by atoms with Crippen molar-refractivity contribution in [3.05, 3.63) is 71.9 Å². The molecule has 1 unspecified atom stereocenters. The zero-order valence-electron chi connectivity index (χ0n) is 11.8. The monoisotopic (exact) mass is 279 g/mol. The van der Waals surface area contributed by atoms with Gasteiger partial charge in [-0.15, -0.1) is 0 Å². The number of nitrogens with one attached hydrogen (secondary N) is 1. The summed E-state index contributed by atoms with van der Waals surface area (Å²) in [7, 11) is 1.66. The van der Waals surface area contributed by atoms with Gasteiger partial charge in [0.15, 0.2) is 0 Å². The number of rotatable bonds is 4. The molecule has 4 nitrogen and oxygen atoms in total. The van der Waals surface area contributed by atoms with Gasteiger partial charge in [0.2, 0.25) is 0 Å². The number of hydrogen-bond acceptors (Lipinski definition) is 4. The fourth-order valence-corrected chi connectivity index (χ4v) is 2.45. The van der Waals surface area contributed by atoms with Gasteiger partial charge in [-0.2, -0.15) is 0 Å². The number of fused-ring (bicyclic) bond motifs is 1. The second-order valence-electron chi connectivity index (χ2n) is 4.83. The van der Waals surface area contributed by atoms with E-state index in [1.165, 1.54) is 0 Å². The average molecular weight is 279 g/mol. The molecule has 0 bridgehead atoms. The minimum atomic E-state index is -0.0690. The quantitative estimate of drug-likeness (QED) is 0.569. The van der Waals surface area contributed by atoms with Gasteiger partial charge >= 0.3 is 0 Å². The van der Waals surface area contributed by atoms with Crippen molar-refractivity contribution in [2.24, 2.45) is 5.84 Å². The van der Waals surface area contributed by atoms with Crippen LogP contribution in [-0.2, 0) is 0 Å². The minimum absolute atomic E-state index is 0.0690. The number of benzene rings is 2. The number of hydrogen-bond donors (Lipinski definition) is 2. The minimum Gasteiger partial charge on any atom is -0.497 e. The molecule has 106 valence electrons. The maximum atomic E-state index is 5.75. The Hall–Kier alpha value is -2.43. The second kappa shape index (κ2) is 5.91. The summed E-state index contributed by atoms with van der Waals surface area (Å²) in [5.41, 5.74) is 6.04. The van der Waals surface area contributed by atoms with Crippen molar-refractivity contribution in [1.29, 1.82) is 0 Å². The summed E-state index contributed by atoms with van der Waals surface area (Å²) in [6.45, 7) is 0. The van der Waals surface area contributed by atoms with Crippen molar-refractivity contribution >= 4 is 10.9 Å². The molecule has 3 aromatic rings. The highest BCUT2D eigenvalue weighted by molar-refractivity contribution is 5.79. The molecule has 0 radical (unpaired) electrons. The summed E-state index contributed by atoms with van der Waals surface area (Å²) in [4.78, 5) is 4.33. The van der Waals surface area contributed by atoms with E-state index in [1.54, 1.807) is 13.3 Å². The highest BCUT2D eigenvalue weighted by atomic mass is 16.5. The number of methoxy groups -OCH3 is 1. The number of nitrogens with zero attached hydrogens (tertiary/aromatic N) is 1. The molecule has 0 aliphatic carbocycles. The first-order chi connectivity index (χ1) is 10.3. The van der Waals surface area contributed by atoms with Crippen LogP contribution in [0.5, 0.6) is 5.75 Å². The Morgan fingerprint density at radius 2 is 1.81 bits per heavy atom. The molecule has 0 saturated carbocycles. The Morgan fingerprint density at radius 1 is 1.05 bits per heavy atom. The fourth-order valence-electron chi connectivity index (χ4n) is 2.45. The fraction of sp³-hybridized carbons (Fsp3) is 0.118. The first-order valence-electron chi connectivity index (χ1n) is 6.76. The van der Waals surface area contributed by atoms with Crippen LogP contribution in [0.2, 0.25) is 0 Å². The first-order valence-corrected chi connectivity index (χ1v) is 6.76. The van der Waals surface area contributed by atoms with Gasteiger partial charge in [0, 0.05) is 11.6 Å². The van der Waals surface area contributed by atoms with Gasteiger partial charge in [0.05, 0.1) is 18.7 Å². The van der Waals surface area contributed by atoms with Crippen LogP contribution in [-0.4, -0.2) is 12.1 Å². The van der Waals surface area contributed by atoms with Crippen LogP contribution in [0.3, 0.4) is 0 Å². The largest absolute Gasteiger partial charge is 0.497 e. The molecular weight excluding hydrogens is 262 g/mol. The molecule has 3 rings (SSSR count). The zero-order valence-corrected chi connectivity index (χ0v) is 11.8. The van der Waals surface area contributed by atoms with E-state index in [0.29, 0.717) is 0 Å². The van der Waals surface area contributed by atoms with E-state index in [1.807, 2.05) is 48.5 Å². The van der Waals surface area contributed by atoms with Crippen molar-refractivity contribution in [2.45, 2.75) is 6.04 Å². The standard InChI is InChI=1S/C17H17N3O/c1-21-15-7-4-12(5-8-15)17(20-18)14-6-9-16-13(11-14)3-2-10-19-16/h2-11,17,20H,18H2,1H3. The molecule has 0 aliphatic rings. The molecule has 2 aromatic carbocycles. The third-order valence-corrected chi connectivity index (χ3v) is 3.58. The van der Waals surface area contributed by atoms with Gasteiger partial charge in [-0.25, -0.2) is 5.43 Å². The Labute approximate surface area is 123 Å². The Bertz CT molecular complexity index is 740. The van der Waals surface area contributed by atoms with Crippen molar-refractivity contribution in [2.75, 3.05) is 7.11 Å². The second-order valence-corrected chi connectivity index (χ2v) is 4.83. The molecule has 1 aromatic heterocycles. The lowest BCUT2D eigenvalue weighted by atomic mass is 9.98. The Kier molecular flexibility index (Phi) is 3.81. The van der Waals surface area contributed by atoms with Crippen molar-refractivity contribution in [3.63, 3.8) is 0 Å². The summed E-state index contributed by atoms with van der Waals surface area (Å²) in [5, 5.41) is 1.10. The molecule has 1 heterocycles. The number of hydrazine groups is 1. The topological polar surface area (TPSA) is 60.2 Å².